The smallest absolute Gasteiger partial charge is 0.228 e. The van der Waals surface area contributed by atoms with Crippen molar-refractivity contribution in [2.75, 3.05) is 31.3 Å². The van der Waals surface area contributed by atoms with Gasteiger partial charge in [-0.2, -0.15) is 15.0 Å². The van der Waals surface area contributed by atoms with Crippen LogP contribution in [0.4, 0.5) is 5.95 Å². The van der Waals surface area contributed by atoms with E-state index in [1.807, 2.05) is 0 Å². The largest absolute Gasteiger partial charge is 0.385 e. The maximum atomic E-state index is 5.83. The molecule has 0 saturated carbocycles. The zero-order chi connectivity index (χ0) is 12.5. The van der Waals surface area contributed by atoms with Crippen molar-refractivity contribution in [2.45, 2.75) is 24.9 Å². The van der Waals surface area contributed by atoms with Crippen LogP contribution in [0.2, 0.25) is 5.28 Å². The fourth-order valence-corrected chi connectivity index (χ4v) is 2.04. The first kappa shape index (κ1) is 14.5. The lowest BCUT2D eigenvalue weighted by Crippen LogP contribution is -2.06. The van der Waals surface area contributed by atoms with Crippen molar-refractivity contribution in [1.29, 1.82) is 0 Å². The average Bonchev–Trinajstić information content (AvgIpc) is 2.31. The SMILES string of the molecule is CCCNc1nc(Cl)nc(SCCCOC)n1. The Labute approximate surface area is 111 Å². The molecule has 1 heterocycles. The molecule has 0 saturated heterocycles. The van der Waals surface area contributed by atoms with Crippen LogP contribution in [0, 0.1) is 0 Å². The molecule has 0 atom stereocenters. The maximum absolute atomic E-state index is 5.83. The molecule has 5 nitrogen and oxygen atoms in total. The monoisotopic (exact) mass is 276 g/mol. The van der Waals surface area contributed by atoms with E-state index in [1.165, 1.54) is 0 Å². The molecule has 1 rings (SSSR count). The molecule has 0 amide bonds. The second-order valence-corrected chi connectivity index (χ2v) is 4.73. The summed E-state index contributed by atoms with van der Waals surface area (Å²) in [5.74, 6) is 1.45. The van der Waals surface area contributed by atoms with Crippen LogP contribution in [-0.4, -0.2) is 41.0 Å². The Morgan fingerprint density at radius 1 is 1.35 bits per heavy atom. The number of hydrogen-bond acceptors (Lipinski definition) is 6. The van der Waals surface area contributed by atoms with Crippen molar-refractivity contribution < 1.29 is 4.74 Å². The Morgan fingerprint density at radius 3 is 2.88 bits per heavy atom. The van der Waals surface area contributed by atoms with E-state index in [0.29, 0.717) is 11.1 Å². The summed E-state index contributed by atoms with van der Waals surface area (Å²) in [7, 11) is 1.69. The molecule has 96 valence electrons. The molecule has 0 fully saturated rings. The summed E-state index contributed by atoms with van der Waals surface area (Å²) >= 11 is 7.38. The molecule has 0 aromatic carbocycles. The summed E-state index contributed by atoms with van der Waals surface area (Å²) in [5, 5.41) is 3.97. The van der Waals surface area contributed by atoms with Crippen molar-refractivity contribution in [3.63, 3.8) is 0 Å². The normalized spacial score (nSPS) is 10.5. The van der Waals surface area contributed by atoms with Gasteiger partial charge in [0, 0.05) is 26.0 Å². The number of anilines is 1. The van der Waals surface area contributed by atoms with Gasteiger partial charge in [-0.15, -0.1) is 0 Å². The molecule has 0 aliphatic carbocycles. The van der Waals surface area contributed by atoms with E-state index in [9.17, 15) is 0 Å². The molecule has 17 heavy (non-hydrogen) atoms. The van der Waals surface area contributed by atoms with Crippen molar-refractivity contribution >= 4 is 29.3 Å². The van der Waals surface area contributed by atoms with Crippen LogP contribution < -0.4 is 5.32 Å². The highest BCUT2D eigenvalue weighted by molar-refractivity contribution is 7.99. The van der Waals surface area contributed by atoms with Crippen LogP contribution >= 0.6 is 23.4 Å². The summed E-state index contributed by atoms with van der Waals surface area (Å²) in [6.07, 6.45) is 1.97. The summed E-state index contributed by atoms with van der Waals surface area (Å²) in [6.45, 7) is 3.65. The van der Waals surface area contributed by atoms with E-state index in [2.05, 4.69) is 27.2 Å². The summed E-state index contributed by atoms with van der Waals surface area (Å²) in [6, 6.07) is 0. The molecule has 0 bridgehead atoms. The minimum atomic E-state index is 0.229. The highest BCUT2D eigenvalue weighted by Crippen LogP contribution is 2.17. The second kappa shape index (κ2) is 8.49. The molecule has 0 radical (unpaired) electrons. The lowest BCUT2D eigenvalue weighted by Gasteiger charge is -2.05. The standard InChI is InChI=1S/C10H17ClN4OS/c1-3-5-12-9-13-8(11)14-10(15-9)17-7-4-6-16-2/h3-7H2,1-2H3,(H,12,13,14,15). The molecule has 1 aromatic rings. The zero-order valence-corrected chi connectivity index (χ0v) is 11.6. The van der Waals surface area contributed by atoms with Gasteiger partial charge in [0.15, 0.2) is 5.16 Å². The molecular weight excluding hydrogens is 260 g/mol. The Kier molecular flexibility index (Phi) is 7.23. The highest BCUT2D eigenvalue weighted by atomic mass is 35.5. The molecule has 7 heteroatoms. The van der Waals surface area contributed by atoms with Crippen molar-refractivity contribution in [3.05, 3.63) is 5.28 Å². The van der Waals surface area contributed by atoms with Gasteiger partial charge in [-0.25, -0.2) is 0 Å². The van der Waals surface area contributed by atoms with Gasteiger partial charge in [0.25, 0.3) is 0 Å². The van der Waals surface area contributed by atoms with Crippen molar-refractivity contribution in [3.8, 4) is 0 Å². The number of thioether (sulfide) groups is 1. The maximum Gasteiger partial charge on any atom is 0.228 e. The number of ether oxygens (including phenoxy) is 1. The first-order valence-corrected chi connectivity index (χ1v) is 6.89. The average molecular weight is 277 g/mol. The highest BCUT2D eigenvalue weighted by Gasteiger charge is 2.04. The number of halogens is 1. The van der Waals surface area contributed by atoms with E-state index in [1.54, 1.807) is 18.9 Å². The van der Waals surface area contributed by atoms with E-state index < -0.39 is 0 Å². The van der Waals surface area contributed by atoms with Crippen LogP contribution in [0.5, 0.6) is 0 Å². The van der Waals surface area contributed by atoms with Crippen LogP contribution in [0.1, 0.15) is 19.8 Å². The Morgan fingerprint density at radius 2 is 2.18 bits per heavy atom. The van der Waals surface area contributed by atoms with Gasteiger partial charge in [0.05, 0.1) is 0 Å². The van der Waals surface area contributed by atoms with Gasteiger partial charge in [-0.1, -0.05) is 18.7 Å². The lowest BCUT2D eigenvalue weighted by atomic mass is 10.5. The molecule has 0 unspecified atom stereocenters. The molecule has 1 N–H and O–H groups in total. The third kappa shape index (κ3) is 6.05. The summed E-state index contributed by atoms with van der Waals surface area (Å²) < 4.78 is 4.98. The van der Waals surface area contributed by atoms with Gasteiger partial charge < -0.3 is 10.1 Å². The Balaban J connectivity index is 2.50. The minimum Gasteiger partial charge on any atom is -0.385 e. The predicted molar refractivity (Wildman–Crippen MR) is 70.8 cm³/mol. The number of methoxy groups -OCH3 is 1. The molecule has 0 aliphatic heterocycles. The Hall–Kier alpha value is -0.590. The molecule has 0 aliphatic rings. The summed E-state index contributed by atoms with van der Waals surface area (Å²) in [4.78, 5) is 12.3. The first-order valence-electron chi connectivity index (χ1n) is 5.53. The third-order valence-electron chi connectivity index (χ3n) is 1.84. The van der Waals surface area contributed by atoms with E-state index >= 15 is 0 Å². The van der Waals surface area contributed by atoms with Gasteiger partial charge in [0.1, 0.15) is 0 Å². The van der Waals surface area contributed by atoms with Crippen LogP contribution in [0.3, 0.4) is 0 Å². The van der Waals surface area contributed by atoms with Crippen molar-refractivity contribution in [2.24, 2.45) is 0 Å². The molecule has 1 aromatic heterocycles. The fraction of sp³-hybridized carbons (Fsp3) is 0.700. The number of aromatic nitrogens is 3. The van der Waals surface area contributed by atoms with Crippen LogP contribution in [0.15, 0.2) is 5.16 Å². The van der Waals surface area contributed by atoms with Gasteiger partial charge in [0.2, 0.25) is 11.2 Å². The Bertz CT molecular complexity index is 340. The number of hydrogen-bond donors (Lipinski definition) is 1. The van der Waals surface area contributed by atoms with Gasteiger partial charge in [-0.05, 0) is 24.4 Å². The number of rotatable bonds is 8. The first-order chi connectivity index (χ1) is 8.26. The zero-order valence-electron chi connectivity index (χ0n) is 10.1. The third-order valence-corrected chi connectivity index (χ3v) is 2.95. The number of nitrogens with one attached hydrogen (secondary N) is 1. The second-order valence-electron chi connectivity index (χ2n) is 3.33. The molecular formula is C10H17ClN4OS. The predicted octanol–water partition coefficient (Wildman–Crippen LogP) is 2.48. The quantitative estimate of drug-likeness (QED) is 0.581. The molecule has 0 spiro atoms. The number of nitrogens with zero attached hydrogens (tertiary/aromatic N) is 3. The van der Waals surface area contributed by atoms with E-state index in [4.69, 9.17) is 16.3 Å². The van der Waals surface area contributed by atoms with E-state index in [0.717, 1.165) is 31.7 Å². The fourth-order valence-electron chi connectivity index (χ4n) is 1.08. The van der Waals surface area contributed by atoms with E-state index in [-0.39, 0.29) is 5.28 Å². The van der Waals surface area contributed by atoms with Gasteiger partial charge in [-0.3, -0.25) is 0 Å². The van der Waals surface area contributed by atoms with Gasteiger partial charge >= 0.3 is 0 Å². The lowest BCUT2D eigenvalue weighted by molar-refractivity contribution is 0.200. The van der Waals surface area contributed by atoms with Crippen LogP contribution in [-0.2, 0) is 4.74 Å². The van der Waals surface area contributed by atoms with Crippen LogP contribution in [0.25, 0.3) is 0 Å². The summed E-state index contributed by atoms with van der Waals surface area (Å²) in [5.41, 5.74) is 0. The topological polar surface area (TPSA) is 59.9 Å². The van der Waals surface area contributed by atoms with Crippen molar-refractivity contribution in [1.82, 2.24) is 15.0 Å². The minimum absolute atomic E-state index is 0.229.